The van der Waals surface area contributed by atoms with Crippen LogP contribution in [0.15, 0.2) is 78.0 Å². The van der Waals surface area contributed by atoms with E-state index in [-0.39, 0.29) is 5.75 Å². The summed E-state index contributed by atoms with van der Waals surface area (Å²) in [5, 5.41) is 1.33. The van der Waals surface area contributed by atoms with E-state index in [0.29, 0.717) is 22.5 Å². The third kappa shape index (κ3) is 5.98. The average molecular weight is 495 g/mol. The van der Waals surface area contributed by atoms with Gasteiger partial charge in [0.15, 0.2) is 11.8 Å². The number of benzene rings is 3. The number of rotatable bonds is 9. The van der Waals surface area contributed by atoms with Gasteiger partial charge in [-0.1, -0.05) is 72.8 Å². The van der Waals surface area contributed by atoms with Crippen LogP contribution in [-0.4, -0.2) is 33.8 Å². The highest BCUT2D eigenvalue weighted by atomic mass is 35.5. The Morgan fingerprint density at radius 2 is 1.71 bits per heavy atom. The van der Waals surface area contributed by atoms with E-state index in [1.807, 2.05) is 72.2 Å². The minimum Gasteiger partial charge on any atom is -0.453 e. The highest BCUT2D eigenvalue weighted by Crippen LogP contribution is 2.27. The van der Waals surface area contributed by atoms with Gasteiger partial charge in [-0.2, -0.15) is 0 Å². The topological polar surface area (TPSA) is 70.4 Å². The molecule has 0 aliphatic heterocycles. The zero-order chi connectivity index (χ0) is 23.9. The van der Waals surface area contributed by atoms with Gasteiger partial charge in [0.25, 0.3) is 0 Å². The number of para-hydroxylation sites is 2. The molecular formula is C26H23ClN2O4S. The van der Waals surface area contributed by atoms with Crippen molar-refractivity contribution in [1.82, 2.24) is 9.55 Å². The first kappa shape index (κ1) is 23.9. The van der Waals surface area contributed by atoms with E-state index in [2.05, 4.69) is 4.98 Å². The summed E-state index contributed by atoms with van der Waals surface area (Å²) in [6.07, 6.45) is 0.899. The molecule has 0 amide bonds. The molecule has 1 aromatic heterocycles. The summed E-state index contributed by atoms with van der Waals surface area (Å²) in [5.41, 5.74) is 3.86. The Kier molecular flexibility index (Phi) is 7.87. The van der Waals surface area contributed by atoms with Crippen LogP contribution in [0.3, 0.4) is 0 Å². The Bertz CT molecular complexity index is 1300. The molecule has 0 bridgehead atoms. The second-order valence-corrected chi connectivity index (χ2v) is 8.83. The van der Waals surface area contributed by atoms with Crippen molar-refractivity contribution in [2.45, 2.75) is 25.0 Å². The molecule has 174 valence electrons. The number of halogens is 1. The number of nitrogens with zero attached hydrogens (tertiary/aromatic N) is 2. The summed E-state index contributed by atoms with van der Waals surface area (Å²) in [6.45, 7) is 2.11. The van der Waals surface area contributed by atoms with Gasteiger partial charge in [0.1, 0.15) is 5.75 Å². The molecule has 3 aromatic carbocycles. The Morgan fingerprint density at radius 3 is 2.47 bits per heavy atom. The lowest BCUT2D eigenvalue weighted by Gasteiger charge is -2.10. The van der Waals surface area contributed by atoms with Gasteiger partial charge in [0.2, 0.25) is 0 Å². The number of esters is 2. The van der Waals surface area contributed by atoms with Gasteiger partial charge in [0.05, 0.1) is 23.3 Å². The molecule has 0 atom stereocenters. The van der Waals surface area contributed by atoms with Gasteiger partial charge in [-0.05, 0) is 47.9 Å². The second-order valence-electron chi connectivity index (χ2n) is 7.48. The summed E-state index contributed by atoms with van der Waals surface area (Å²) in [6, 6.07) is 22.6. The summed E-state index contributed by atoms with van der Waals surface area (Å²) >= 11 is 7.61. The van der Waals surface area contributed by atoms with Crippen molar-refractivity contribution in [3.05, 3.63) is 88.9 Å². The number of carbonyl (C=O) groups excluding carboxylic acids is 2. The standard InChI is InChI=1S/C26H23ClN2O4S/c1-2-18-11-13-20(14-12-18)33-24(30)16-32-25(31)17-34-26-28-22-9-5-6-10-23(22)29(26)15-19-7-3-4-8-21(19)27/h3-14H,2,15-17H2,1H3. The van der Waals surface area contributed by atoms with Crippen LogP contribution in [0.25, 0.3) is 11.0 Å². The van der Waals surface area contributed by atoms with Crippen molar-refractivity contribution in [2.24, 2.45) is 0 Å². The van der Waals surface area contributed by atoms with E-state index >= 15 is 0 Å². The molecule has 4 rings (SSSR count). The smallest absolute Gasteiger partial charge is 0.349 e. The van der Waals surface area contributed by atoms with Crippen molar-refractivity contribution in [3.8, 4) is 5.75 Å². The number of aromatic nitrogens is 2. The van der Waals surface area contributed by atoms with E-state index in [1.54, 1.807) is 12.1 Å². The van der Waals surface area contributed by atoms with Crippen molar-refractivity contribution < 1.29 is 19.1 Å². The zero-order valence-electron chi connectivity index (χ0n) is 18.6. The highest BCUT2D eigenvalue weighted by Gasteiger charge is 2.16. The molecule has 1 heterocycles. The number of aryl methyl sites for hydroxylation is 1. The molecular weight excluding hydrogens is 472 g/mol. The van der Waals surface area contributed by atoms with Crippen LogP contribution in [0.5, 0.6) is 5.75 Å². The monoisotopic (exact) mass is 494 g/mol. The van der Waals surface area contributed by atoms with Gasteiger partial charge in [0, 0.05) is 5.02 Å². The van der Waals surface area contributed by atoms with E-state index in [1.165, 1.54) is 11.8 Å². The first-order valence-electron chi connectivity index (χ1n) is 10.8. The molecule has 0 unspecified atom stereocenters. The van der Waals surface area contributed by atoms with Crippen LogP contribution in [0.4, 0.5) is 0 Å². The quantitative estimate of drug-likeness (QED) is 0.173. The number of thioether (sulfide) groups is 1. The van der Waals surface area contributed by atoms with Crippen LogP contribution >= 0.6 is 23.4 Å². The Morgan fingerprint density at radius 1 is 0.971 bits per heavy atom. The molecule has 0 saturated carbocycles. The Balaban J connectivity index is 1.36. The molecule has 8 heteroatoms. The summed E-state index contributed by atoms with van der Waals surface area (Å²) in [7, 11) is 0. The van der Waals surface area contributed by atoms with Crippen molar-refractivity contribution in [2.75, 3.05) is 12.4 Å². The fourth-order valence-electron chi connectivity index (χ4n) is 3.37. The lowest BCUT2D eigenvalue weighted by atomic mass is 10.2. The molecule has 0 N–H and O–H groups in total. The predicted molar refractivity (Wildman–Crippen MR) is 133 cm³/mol. The van der Waals surface area contributed by atoms with Crippen molar-refractivity contribution >= 4 is 46.3 Å². The fraction of sp³-hybridized carbons (Fsp3) is 0.192. The molecule has 0 fully saturated rings. The van der Waals surface area contributed by atoms with Crippen LogP contribution in [-0.2, 0) is 27.3 Å². The van der Waals surface area contributed by atoms with Crippen LogP contribution in [0.2, 0.25) is 5.02 Å². The van der Waals surface area contributed by atoms with E-state index in [4.69, 9.17) is 21.1 Å². The van der Waals surface area contributed by atoms with Crippen molar-refractivity contribution in [3.63, 3.8) is 0 Å². The maximum absolute atomic E-state index is 12.3. The third-order valence-corrected chi connectivity index (χ3v) is 6.46. The molecule has 6 nitrogen and oxygen atoms in total. The maximum atomic E-state index is 12.3. The van der Waals surface area contributed by atoms with E-state index in [0.717, 1.165) is 28.6 Å². The average Bonchev–Trinajstić information content (AvgIpc) is 3.20. The van der Waals surface area contributed by atoms with Gasteiger partial charge in [-0.15, -0.1) is 0 Å². The van der Waals surface area contributed by atoms with Gasteiger partial charge >= 0.3 is 11.9 Å². The number of imidazole rings is 1. The van der Waals surface area contributed by atoms with E-state index in [9.17, 15) is 9.59 Å². The van der Waals surface area contributed by atoms with E-state index < -0.39 is 18.5 Å². The Labute approximate surface area is 206 Å². The number of fused-ring (bicyclic) bond motifs is 1. The predicted octanol–water partition coefficient (Wildman–Crippen LogP) is 5.54. The summed E-state index contributed by atoms with van der Waals surface area (Å²) < 4.78 is 12.3. The van der Waals surface area contributed by atoms with Crippen molar-refractivity contribution in [1.29, 1.82) is 0 Å². The van der Waals surface area contributed by atoms with Gasteiger partial charge in [-0.25, -0.2) is 9.78 Å². The van der Waals surface area contributed by atoms with Gasteiger partial charge < -0.3 is 14.0 Å². The van der Waals surface area contributed by atoms with Gasteiger partial charge in [-0.3, -0.25) is 4.79 Å². The number of carbonyl (C=O) groups is 2. The Hall–Kier alpha value is -3.29. The molecule has 0 aliphatic carbocycles. The summed E-state index contributed by atoms with van der Waals surface area (Å²) in [5.74, 6) is -0.737. The maximum Gasteiger partial charge on any atom is 0.349 e. The minimum atomic E-state index is -0.631. The SMILES string of the molecule is CCc1ccc(OC(=O)COC(=O)CSc2nc3ccccc3n2Cc2ccccc2Cl)cc1. The normalized spacial score (nSPS) is 10.9. The third-order valence-electron chi connectivity index (χ3n) is 5.14. The lowest BCUT2D eigenvalue weighted by Crippen LogP contribution is -2.20. The highest BCUT2D eigenvalue weighted by molar-refractivity contribution is 7.99. The molecule has 0 saturated heterocycles. The van der Waals surface area contributed by atoms with Crippen LogP contribution in [0.1, 0.15) is 18.1 Å². The number of hydrogen-bond donors (Lipinski definition) is 0. The lowest BCUT2D eigenvalue weighted by molar-refractivity contribution is -0.151. The number of ether oxygens (including phenoxy) is 2. The van der Waals surface area contributed by atoms with Crippen LogP contribution < -0.4 is 4.74 Å². The molecule has 34 heavy (non-hydrogen) atoms. The molecule has 0 spiro atoms. The zero-order valence-corrected chi connectivity index (χ0v) is 20.1. The first-order chi connectivity index (χ1) is 16.5. The molecule has 0 aliphatic rings. The summed E-state index contributed by atoms with van der Waals surface area (Å²) in [4.78, 5) is 29.0. The van der Waals surface area contributed by atoms with Crippen LogP contribution in [0, 0.1) is 0 Å². The number of hydrogen-bond acceptors (Lipinski definition) is 6. The molecule has 4 aromatic rings. The largest absolute Gasteiger partial charge is 0.453 e. The fourth-order valence-corrected chi connectivity index (χ4v) is 4.38. The second kappa shape index (κ2) is 11.2. The molecule has 0 radical (unpaired) electrons. The first-order valence-corrected chi connectivity index (χ1v) is 12.2. The minimum absolute atomic E-state index is 0.00429.